The Morgan fingerprint density at radius 2 is 2.00 bits per heavy atom. The molecule has 0 saturated carbocycles. The van der Waals surface area contributed by atoms with Crippen molar-refractivity contribution in [2.75, 3.05) is 20.6 Å². The average molecular weight is 258 g/mol. The summed E-state index contributed by atoms with van der Waals surface area (Å²) < 4.78 is 28.6. The number of rotatable bonds is 2. The van der Waals surface area contributed by atoms with Crippen molar-refractivity contribution in [1.29, 1.82) is 0 Å². The molecule has 0 saturated heterocycles. The molecule has 0 bridgehead atoms. The average Bonchev–Trinajstić information content (AvgIpc) is 2.54. The number of nitrogens with zero attached hydrogens (tertiary/aromatic N) is 4. The maximum Gasteiger partial charge on any atom is 0.281 e. The van der Waals surface area contributed by atoms with Crippen molar-refractivity contribution in [3.8, 4) is 0 Å². The zero-order valence-electron chi connectivity index (χ0n) is 10.6. The molecule has 0 radical (unpaired) electrons. The molecule has 0 amide bonds. The predicted octanol–water partition coefficient (Wildman–Crippen LogP) is -0.107. The van der Waals surface area contributed by atoms with Crippen LogP contribution in [0.3, 0.4) is 0 Å². The lowest BCUT2D eigenvalue weighted by Gasteiger charge is -2.29. The number of aryl methyl sites for hydroxylation is 2. The van der Waals surface area contributed by atoms with Crippen molar-refractivity contribution in [3.05, 3.63) is 17.0 Å². The van der Waals surface area contributed by atoms with Crippen LogP contribution in [-0.4, -0.2) is 47.4 Å². The highest BCUT2D eigenvalue weighted by Gasteiger charge is 2.31. The lowest BCUT2D eigenvalue weighted by molar-refractivity contribution is 0.350. The van der Waals surface area contributed by atoms with Crippen LogP contribution in [0.5, 0.6) is 0 Å². The molecule has 1 aliphatic rings. The first kappa shape index (κ1) is 12.5. The molecule has 7 heteroatoms. The molecule has 1 aliphatic heterocycles. The molecule has 0 spiro atoms. The second kappa shape index (κ2) is 4.08. The third kappa shape index (κ3) is 1.98. The highest BCUT2D eigenvalue weighted by molar-refractivity contribution is 7.86. The molecule has 0 aliphatic carbocycles. The van der Waals surface area contributed by atoms with Crippen LogP contribution in [0.15, 0.2) is 0 Å². The summed E-state index contributed by atoms with van der Waals surface area (Å²) in [6, 6.07) is 0. The Bertz CT molecular complexity index is 533. The van der Waals surface area contributed by atoms with Gasteiger partial charge in [0, 0.05) is 27.7 Å². The molecule has 6 nitrogen and oxygen atoms in total. The Morgan fingerprint density at radius 1 is 1.35 bits per heavy atom. The molecular formula is C10H18N4O2S. The zero-order chi connectivity index (χ0) is 12.8. The second-order valence-electron chi connectivity index (χ2n) is 4.51. The Hall–Kier alpha value is -0.920. The van der Waals surface area contributed by atoms with Crippen LogP contribution in [0.4, 0.5) is 0 Å². The van der Waals surface area contributed by atoms with Crippen molar-refractivity contribution in [1.82, 2.24) is 18.4 Å². The summed E-state index contributed by atoms with van der Waals surface area (Å²) in [4.78, 5) is 0. The van der Waals surface area contributed by atoms with E-state index in [1.54, 1.807) is 18.8 Å². The molecule has 2 rings (SSSR count). The van der Waals surface area contributed by atoms with Gasteiger partial charge in [-0.3, -0.25) is 4.68 Å². The van der Waals surface area contributed by atoms with E-state index in [1.165, 1.54) is 14.2 Å². The van der Waals surface area contributed by atoms with E-state index in [-0.39, 0.29) is 0 Å². The fraction of sp³-hybridized carbons (Fsp3) is 0.700. The van der Waals surface area contributed by atoms with Gasteiger partial charge in [-0.15, -0.1) is 0 Å². The van der Waals surface area contributed by atoms with Gasteiger partial charge in [-0.2, -0.15) is 22.1 Å². The summed E-state index contributed by atoms with van der Waals surface area (Å²) in [5, 5.41) is 4.34. The monoisotopic (exact) mass is 258 g/mol. The third-order valence-electron chi connectivity index (χ3n) is 3.20. The van der Waals surface area contributed by atoms with Gasteiger partial charge in [0.2, 0.25) is 0 Å². The van der Waals surface area contributed by atoms with Gasteiger partial charge in [0.25, 0.3) is 10.2 Å². The normalized spacial score (nSPS) is 17.5. The Morgan fingerprint density at radius 3 is 2.59 bits per heavy atom. The standard InChI is InChI=1S/C10H18N4O2S/c1-8-9-5-6-14(17(15,16)12(2)3)7-10(9)13(4)11-8/h5-7H2,1-4H3. The lowest BCUT2D eigenvalue weighted by Crippen LogP contribution is -2.43. The van der Waals surface area contributed by atoms with E-state index in [0.29, 0.717) is 13.1 Å². The lowest BCUT2D eigenvalue weighted by atomic mass is 10.1. The van der Waals surface area contributed by atoms with Crippen molar-refractivity contribution in [2.45, 2.75) is 19.9 Å². The van der Waals surface area contributed by atoms with E-state index in [2.05, 4.69) is 5.10 Å². The van der Waals surface area contributed by atoms with Crippen LogP contribution in [0.2, 0.25) is 0 Å². The maximum absolute atomic E-state index is 12.0. The summed E-state index contributed by atoms with van der Waals surface area (Å²) in [5.41, 5.74) is 3.20. The van der Waals surface area contributed by atoms with Crippen LogP contribution in [0.1, 0.15) is 17.0 Å². The first-order valence-electron chi connectivity index (χ1n) is 5.53. The van der Waals surface area contributed by atoms with E-state index in [4.69, 9.17) is 0 Å². The molecular weight excluding hydrogens is 240 g/mol. The van der Waals surface area contributed by atoms with E-state index in [9.17, 15) is 8.42 Å². The Labute approximate surface area is 102 Å². The number of aromatic nitrogens is 2. The van der Waals surface area contributed by atoms with E-state index in [1.807, 2.05) is 14.0 Å². The van der Waals surface area contributed by atoms with E-state index in [0.717, 1.165) is 17.8 Å². The van der Waals surface area contributed by atoms with Gasteiger partial charge in [-0.25, -0.2) is 0 Å². The van der Waals surface area contributed by atoms with Crippen molar-refractivity contribution >= 4 is 10.2 Å². The van der Waals surface area contributed by atoms with Gasteiger partial charge in [-0.05, 0) is 18.9 Å². The minimum atomic E-state index is -3.32. The van der Waals surface area contributed by atoms with Gasteiger partial charge >= 0.3 is 0 Å². The molecule has 0 fully saturated rings. The van der Waals surface area contributed by atoms with Gasteiger partial charge in [0.1, 0.15) is 0 Å². The first-order chi connectivity index (χ1) is 7.84. The summed E-state index contributed by atoms with van der Waals surface area (Å²) in [7, 11) is 1.64. The van der Waals surface area contributed by atoms with Crippen LogP contribution in [0.25, 0.3) is 0 Å². The van der Waals surface area contributed by atoms with Gasteiger partial charge < -0.3 is 0 Å². The Balaban J connectivity index is 2.34. The fourth-order valence-corrected chi connectivity index (χ4v) is 3.25. The topological polar surface area (TPSA) is 58.4 Å². The van der Waals surface area contributed by atoms with Gasteiger partial charge in [0.15, 0.2) is 0 Å². The number of hydrogen-bond donors (Lipinski definition) is 0. The van der Waals surface area contributed by atoms with Crippen LogP contribution < -0.4 is 0 Å². The highest BCUT2D eigenvalue weighted by atomic mass is 32.2. The minimum absolute atomic E-state index is 0.410. The summed E-state index contributed by atoms with van der Waals surface area (Å²) in [5.74, 6) is 0. The molecule has 0 unspecified atom stereocenters. The predicted molar refractivity (Wildman–Crippen MR) is 64.7 cm³/mol. The van der Waals surface area contributed by atoms with Gasteiger partial charge in [0.05, 0.1) is 17.9 Å². The summed E-state index contributed by atoms with van der Waals surface area (Å²) in [6.07, 6.45) is 0.738. The Kier molecular flexibility index (Phi) is 3.01. The maximum atomic E-state index is 12.0. The van der Waals surface area contributed by atoms with Gasteiger partial charge in [-0.1, -0.05) is 0 Å². The molecule has 96 valence electrons. The second-order valence-corrected chi connectivity index (χ2v) is 6.65. The van der Waals surface area contributed by atoms with Crippen molar-refractivity contribution in [2.24, 2.45) is 7.05 Å². The number of fused-ring (bicyclic) bond motifs is 1. The molecule has 0 N–H and O–H groups in total. The molecule has 1 aromatic heterocycles. The summed E-state index contributed by atoms with van der Waals surface area (Å²) >= 11 is 0. The van der Waals surface area contributed by atoms with Crippen LogP contribution >= 0.6 is 0 Å². The third-order valence-corrected chi connectivity index (χ3v) is 5.09. The van der Waals surface area contributed by atoms with E-state index >= 15 is 0 Å². The summed E-state index contributed by atoms with van der Waals surface area (Å²) in [6.45, 7) is 2.90. The highest BCUT2D eigenvalue weighted by Crippen LogP contribution is 2.23. The fourth-order valence-electron chi connectivity index (χ4n) is 2.18. The first-order valence-corrected chi connectivity index (χ1v) is 6.92. The SMILES string of the molecule is Cc1nn(C)c2c1CCN(S(=O)(=O)N(C)C)C2. The molecule has 0 atom stereocenters. The molecule has 2 heterocycles. The molecule has 17 heavy (non-hydrogen) atoms. The van der Waals surface area contributed by atoms with Crippen LogP contribution in [0, 0.1) is 6.92 Å². The number of hydrogen-bond acceptors (Lipinski definition) is 3. The zero-order valence-corrected chi connectivity index (χ0v) is 11.5. The minimum Gasteiger partial charge on any atom is -0.271 e. The largest absolute Gasteiger partial charge is 0.281 e. The van der Waals surface area contributed by atoms with E-state index < -0.39 is 10.2 Å². The van der Waals surface area contributed by atoms with Crippen molar-refractivity contribution < 1.29 is 8.42 Å². The molecule has 1 aromatic rings. The molecule has 0 aromatic carbocycles. The van der Waals surface area contributed by atoms with Crippen molar-refractivity contribution in [3.63, 3.8) is 0 Å². The van der Waals surface area contributed by atoms with Crippen LogP contribution in [-0.2, 0) is 30.2 Å². The smallest absolute Gasteiger partial charge is 0.271 e. The quantitative estimate of drug-likeness (QED) is 0.744.